The predicted molar refractivity (Wildman–Crippen MR) is 104 cm³/mol. The van der Waals surface area contributed by atoms with E-state index in [0.29, 0.717) is 23.7 Å². The fourth-order valence-corrected chi connectivity index (χ4v) is 5.41. The number of hydrogen-bond donors (Lipinski definition) is 1. The first-order valence-corrected chi connectivity index (χ1v) is 10.7. The van der Waals surface area contributed by atoms with E-state index in [1.807, 2.05) is 30.3 Å². The van der Waals surface area contributed by atoms with Crippen molar-refractivity contribution in [3.05, 3.63) is 64.9 Å². The third kappa shape index (κ3) is 3.49. The maximum absolute atomic E-state index is 12.9. The van der Waals surface area contributed by atoms with Gasteiger partial charge in [0.1, 0.15) is 5.82 Å². The van der Waals surface area contributed by atoms with Crippen molar-refractivity contribution in [3.8, 4) is 0 Å². The van der Waals surface area contributed by atoms with Crippen LogP contribution in [0.1, 0.15) is 30.1 Å². The highest BCUT2D eigenvalue weighted by atomic mass is 35.5. The van der Waals surface area contributed by atoms with Crippen LogP contribution in [0.25, 0.3) is 11.0 Å². The van der Waals surface area contributed by atoms with Crippen molar-refractivity contribution in [2.75, 3.05) is 13.1 Å². The Bertz CT molecular complexity index is 999. The topological polar surface area (TPSA) is 66.1 Å². The van der Waals surface area contributed by atoms with Crippen molar-refractivity contribution in [2.45, 2.75) is 24.5 Å². The highest BCUT2D eigenvalue weighted by Crippen LogP contribution is 2.29. The summed E-state index contributed by atoms with van der Waals surface area (Å²) in [5.74, 6) is 0.875. The highest BCUT2D eigenvalue weighted by molar-refractivity contribution is 7.88. The molecule has 0 spiro atoms. The van der Waals surface area contributed by atoms with Crippen molar-refractivity contribution in [2.24, 2.45) is 0 Å². The number of sulfonamides is 1. The SMILES string of the molecule is O=S(=O)(Cc1ccccc1Cl)N1CCCC(c2nc3ccccc3[nH]2)C1. The summed E-state index contributed by atoms with van der Waals surface area (Å²) in [5, 5.41) is 0.488. The lowest BCUT2D eigenvalue weighted by molar-refractivity contribution is 0.310. The molecule has 0 amide bonds. The van der Waals surface area contributed by atoms with Gasteiger partial charge in [0.05, 0.1) is 16.8 Å². The molecule has 26 heavy (non-hydrogen) atoms. The molecule has 5 nitrogen and oxygen atoms in total. The minimum absolute atomic E-state index is 0.0699. The molecule has 1 unspecified atom stereocenters. The molecule has 2 heterocycles. The number of nitrogens with one attached hydrogen (secondary N) is 1. The monoisotopic (exact) mass is 389 g/mol. The van der Waals surface area contributed by atoms with Crippen LogP contribution in [0.3, 0.4) is 0 Å². The number of halogens is 1. The molecule has 3 aromatic rings. The van der Waals surface area contributed by atoms with E-state index in [2.05, 4.69) is 9.97 Å². The summed E-state index contributed by atoms with van der Waals surface area (Å²) in [6.07, 6.45) is 1.75. The second-order valence-electron chi connectivity index (χ2n) is 6.68. The summed E-state index contributed by atoms with van der Waals surface area (Å²) < 4.78 is 27.4. The molecular formula is C19H20ClN3O2S. The molecule has 1 aliphatic heterocycles. The van der Waals surface area contributed by atoms with E-state index in [-0.39, 0.29) is 11.7 Å². The predicted octanol–water partition coefficient (Wildman–Crippen LogP) is 3.93. The fraction of sp³-hybridized carbons (Fsp3) is 0.316. The number of benzene rings is 2. The van der Waals surface area contributed by atoms with Gasteiger partial charge in [-0.05, 0) is 36.6 Å². The van der Waals surface area contributed by atoms with Gasteiger partial charge in [-0.3, -0.25) is 0 Å². The van der Waals surface area contributed by atoms with Crippen molar-refractivity contribution < 1.29 is 8.42 Å². The van der Waals surface area contributed by atoms with Crippen LogP contribution in [0.4, 0.5) is 0 Å². The van der Waals surface area contributed by atoms with E-state index >= 15 is 0 Å². The van der Waals surface area contributed by atoms with Gasteiger partial charge in [0.2, 0.25) is 10.0 Å². The Labute approximate surface area is 158 Å². The van der Waals surface area contributed by atoms with Gasteiger partial charge in [-0.1, -0.05) is 41.9 Å². The molecular weight excluding hydrogens is 370 g/mol. The van der Waals surface area contributed by atoms with Crippen molar-refractivity contribution in [1.82, 2.24) is 14.3 Å². The number of nitrogens with zero attached hydrogens (tertiary/aromatic N) is 2. The maximum atomic E-state index is 12.9. The van der Waals surface area contributed by atoms with Crippen LogP contribution >= 0.6 is 11.6 Å². The molecule has 4 rings (SSSR count). The number of para-hydroxylation sites is 2. The van der Waals surface area contributed by atoms with Crippen LogP contribution < -0.4 is 0 Å². The summed E-state index contributed by atoms with van der Waals surface area (Å²) in [5.41, 5.74) is 2.54. The van der Waals surface area contributed by atoms with Gasteiger partial charge >= 0.3 is 0 Å². The van der Waals surface area contributed by atoms with E-state index < -0.39 is 10.0 Å². The fourth-order valence-electron chi connectivity index (χ4n) is 3.49. The van der Waals surface area contributed by atoms with E-state index in [1.54, 1.807) is 22.5 Å². The number of fused-ring (bicyclic) bond motifs is 1. The number of piperidine rings is 1. The van der Waals surface area contributed by atoms with Crippen LogP contribution in [-0.2, 0) is 15.8 Å². The molecule has 0 aliphatic carbocycles. The lowest BCUT2D eigenvalue weighted by Crippen LogP contribution is -2.40. The van der Waals surface area contributed by atoms with E-state index in [4.69, 9.17) is 11.6 Å². The van der Waals surface area contributed by atoms with Gasteiger partial charge in [-0.2, -0.15) is 0 Å². The van der Waals surface area contributed by atoms with Crippen molar-refractivity contribution in [3.63, 3.8) is 0 Å². The molecule has 136 valence electrons. The zero-order valence-electron chi connectivity index (χ0n) is 14.2. The van der Waals surface area contributed by atoms with Gasteiger partial charge in [-0.25, -0.2) is 17.7 Å². The van der Waals surface area contributed by atoms with Crippen LogP contribution in [0.15, 0.2) is 48.5 Å². The van der Waals surface area contributed by atoms with Gasteiger partial charge in [0, 0.05) is 24.0 Å². The molecule has 0 bridgehead atoms. The molecule has 0 radical (unpaired) electrons. The third-order valence-electron chi connectivity index (χ3n) is 4.87. The average molecular weight is 390 g/mol. The van der Waals surface area contributed by atoms with Gasteiger partial charge in [-0.15, -0.1) is 0 Å². The number of hydrogen-bond acceptors (Lipinski definition) is 3. The molecule has 1 saturated heterocycles. The second-order valence-corrected chi connectivity index (χ2v) is 9.06. The van der Waals surface area contributed by atoms with Gasteiger partial charge in [0.15, 0.2) is 0 Å². The van der Waals surface area contributed by atoms with E-state index in [1.165, 1.54) is 0 Å². The zero-order chi connectivity index (χ0) is 18.1. The maximum Gasteiger partial charge on any atom is 0.218 e. The number of H-pyrrole nitrogens is 1. The normalized spacial score (nSPS) is 19.0. The Kier molecular flexibility index (Phi) is 4.73. The second kappa shape index (κ2) is 7.02. The van der Waals surface area contributed by atoms with Crippen LogP contribution in [-0.4, -0.2) is 35.8 Å². The van der Waals surface area contributed by atoms with Crippen LogP contribution in [0.5, 0.6) is 0 Å². The van der Waals surface area contributed by atoms with Crippen molar-refractivity contribution in [1.29, 1.82) is 0 Å². The first kappa shape index (κ1) is 17.5. The summed E-state index contributed by atoms with van der Waals surface area (Å²) in [6, 6.07) is 15.0. The average Bonchev–Trinajstić information content (AvgIpc) is 3.08. The first-order valence-electron chi connectivity index (χ1n) is 8.69. The lowest BCUT2D eigenvalue weighted by Gasteiger charge is -2.31. The van der Waals surface area contributed by atoms with Crippen LogP contribution in [0, 0.1) is 0 Å². The van der Waals surface area contributed by atoms with E-state index in [9.17, 15) is 8.42 Å². The molecule has 1 N–H and O–H groups in total. The van der Waals surface area contributed by atoms with Gasteiger partial charge in [0.25, 0.3) is 0 Å². The summed E-state index contributed by atoms with van der Waals surface area (Å²) in [7, 11) is -3.42. The summed E-state index contributed by atoms with van der Waals surface area (Å²) in [4.78, 5) is 8.00. The standard InChI is InChI=1S/C19H20ClN3O2S/c20-16-8-2-1-6-15(16)13-26(24,25)23-11-5-7-14(12-23)19-21-17-9-3-4-10-18(17)22-19/h1-4,6,8-10,14H,5,7,11-13H2,(H,21,22). The van der Waals surface area contributed by atoms with Crippen molar-refractivity contribution >= 4 is 32.7 Å². The lowest BCUT2D eigenvalue weighted by atomic mass is 9.99. The summed E-state index contributed by atoms with van der Waals surface area (Å²) in [6.45, 7) is 0.996. The molecule has 1 fully saturated rings. The smallest absolute Gasteiger partial charge is 0.218 e. The quantitative estimate of drug-likeness (QED) is 0.735. The van der Waals surface area contributed by atoms with Gasteiger partial charge < -0.3 is 4.98 Å². The summed E-state index contributed by atoms with van der Waals surface area (Å²) >= 11 is 6.14. The third-order valence-corrected chi connectivity index (χ3v) is 7.03. The minimum Gasteiger partial charge on any atom is -0.342 e. The molecule has 7 heteroatoms. The Balaban J connectivity index is 1.55. The molecule has 1 atom stereocenters. The largest absolute Gasteiger partial charge is 0.342 e. The molecule has 1 aromatic heterocycles. The molecule has 0 saturated carbocycles. The Morgan fingerprint density at radius 3 is 2.73 bits per heavy atom. The number of aromatic nitrogens is 2. The minimum atomic E-state index is -3.42. The van der Waals surface area contributed by atoms with E-state index in [0.717, 1.165) is 29.7 Å². The number of imidazole rings is 1. The number of rotatable bonds is 4. The highest BCUT2D eigenvalue weighted by Gasteiger charge is 2.31. The molecule has 2 aromatic carbocycles. The van der Waals surface area contributed by atoms with Crippen LogP contribution in [0.2, 0.25) is 5.02 Å². The Morgan fingerprint density at radius 2 is 1.92 bits per heavy atom. The Hall–Kier alpha value is -1.89. The Morgan fingerprint density at radius 1 is 1.15 bits per heavy atom. The first-order chi connectivity index (χ1) is 12.5. The number of aromatic amines is 1. The molecule has 1 aliphatic rings. The zero-order valence-corrected chi connectivity index (χ0v) is 15.8.